The fraction of sp³-hybridized carbons (Fsp3) is 0.350. The zero-order chi connectivity index (χ0) is 21.5. The maximum atomic E-state index is 13.3. The number of carbonyl (C=O) groups excluding carboxylic acids is 2. The molecule has 2 aromatic rings. The molecule has 2 amide bonds. The third kappa shape index (κ3) is 6.17. The third-order valence-electron chi connectivity index (χ3n) is 4.39. The molecule has 1 fully saturated rings. The SMILES string of the molecule is C=C(CCNC(=O)COc1ccc(Cl)c(F)c1)NC(=O)c1cnc(N2CCCC2)s1. The summed E-state index contributed by atoms with van der Waals surface area (Å²) in [6.07, 6.45) is 4.22. The number of hydrogen-bond acceptors (Lipinski definition) is 6. The standard InChI is InChI=1S/C20H22ClFN4O3S/c1-13(25-19(28)17-11-24-20(30-17)26-8-2-3-9-26)6-7-23-18(27)12-29-14-4-5-15(21)16(22)10-14/h4-5,10-11H,1-3,6-9,12H2,(H,23,27)(H,25,28). The Morgan fingerprint density at radius 2 is 2.10 bits per heavy atom. The predicted octanol–water partition coefficient (Wildman–Crippen LogP) is 3.36. The van der Waals surface area contributed by atoms with E-state index in [1.165, 1.54) is 23.5 Å². The lowest BCUT2D eigenvalue weighted by Gasteiger charge is -2.12. The molecule has 0 bridgehead atoms. The van der Waals surface area contributed by atoms with E-state index in [0.717, 1.165) is 37.1 Å². The predicted molar refractivity (Wildman–Crippen MR) is 115 cm³/mol. The van der Waals surface area contributed by atoms with Gasteiger partial charge in [-0.2, -0.15) is 0 Å². The summed E-state index contributed by atoms with van der Waals surface area (Å²) in [4.78, 5) is 31.2. The van der Waals surface area contributed by atoms with Gasteiger partial charge in [0.15, 0.2) is 11.7 Å². The first kappa shape index (κ1) is 22.0. The number of thiazole rings is 1. The molecule has 2 N–H and O–H groups in total. The van der Waals surface area contributed by atoms with Crippen LogP contribution < -0.4 is 20.3 Å². The second-order valence-electron chi connectivity index (χ2n) is 6.72. The molecule has 1 aliphatic heterocycles. The van der Waals surface area contributed by atoms with Gasteiger partial charge in [0.05, 0.1) is 11.2 Å². The summed E-state index contributed by atoms with van der Waals surface area (Å²) in [7, 11) is 0. The Hall–Kier alpha value is -2.65. The van der Waals surface area contributed by atoms with E-state index < -0.39 is 5.82 Å². The lowest BCUT2D eigenvalue weighted by molar-refractivity contribution is -0.123. The van der Waals surface area contributed by atoms with Crippen molar-refractivity contribution in [1.29, 1.82) is 0 Å². The van der Waals surface area contributed by atoms with Gasteiger partial charge in [-0.25, -0.2) is 9.37 Å². The summed E-state index contributed by atoms with van der Waals surface area (Å²) in [5.74, 6) is -1.04. The van der Waals surface area contributed by atoms with Crippen LogP contribution in [0.15, 0.2) is 36.7 Å². The highest BCUT2D eigenvalue weighted by Gasteiger charge is 2.18. The van der Waals surface area contributed by atoms with Crippen molar-refractivity contribution in [1.82, 2.24) is 15.6 Å². The second kappa shape index (κ2) is 10.4. The minimum absolute atomic E-state index is 0.0158. The summed E-state index contributed by atoms with van der Waals surface area (Å²) in [6.45, 7) is 5.77. The van der Waals surface area contributed by atoms with Crippen molar-refractivity contribution in [2.75, 3.05) is 31.1 Å². The van der Waals surface area contributed by atoms with Crippen LogP contribution >= 0.6 is 22.9 Å². The fourth-order valence-corrected chi connectivity index (χ4v) is 3.81. The fourth-order valence-electron chi connectivity index (χ4n) is 2.83. The minimum atomic E-state index is -0.616. The van der Waals surface area contributed by atoms with Crippen LogP contribution in [-0.2, 0) is 4.79 Å². The molecule has 0 unspecified atom stereocenters. The van der Waals surface area contributed by atoms with Crippen molar-refractivity contribution in [3.63, 3.8) is 0 Å². The maximum Gasteiger partial charge on any atom is 0.267 e. The molecule has 2 heterocycles. The molecule has 3 rings (SSSR count). The van der Waals surface area contributed by atoms with Crippen molar-refractivity contribution in [3.8, 4) is 5.75 Å². The number of ether oxygens (including phenoxy) is 1. The molecule has 160 valence electrons. The summed E-state index contributed by atoms with van der Waals surface area (Å²) >= 11 is 6.95. The summed E-state index contributed by atoms with van der Waals surface area (Å²) in [5.41, 5.74) is 0.483. The third-order valence-corrected chi connectivity index (χ3v) is 5.76. The average Bonchev–Trinajstić information content (AvgIpc) is 3.40. The second-order valence-corrected chi connectivity index (χ2v) is 8.14. The maximum absolute atomic E-state index is 13.3. The lowest BCUT2D eigenvalue weighted by atomic mass is 10.3. The van der Waals surface area contributed by atoms with Crippen molar-refractivity contribution in [2.45, 2.75) is 19.3 Å². The molecule has 1 aliphatic rings. The molecule has 7 nitrogen and oxygen atoms in total. The van der Waals surface area contributed by atoms with Crippen LogP contribution in [0.5, 0.6) is 5.75 Å². The summed E-state index contributed by atoms with van der Waals surface area (Å²) in [5, 5.41) is 6.22. The molecule has 1 saturated heterocycles. The molecular formula is C20H22ClFN4O3S. The van der Waals surface area contributed by atoms with Crippen LogP contribution in [0.25, 0.3) is 0 Å². The molecule has 30 heavy (non-hydrogen) atoms. The van der Waals surface area contributed by atoms with E-state index in [0.29, 0.717) is 17.0 Å². The number of benzene rings is 1. The van der Waals surface area contributed by atoms with E-state index in [2.05, 4.69) is 27.1 Å². The first-order valence-electron chi connectivity index (χ1n) is 9.47. The molecular weight excluding hydrogens is 431 g/mol. The minimum Gasteiger partial charge on any atom is -0.484 e. The Balaban J connectivity index is 1.35. The number of nitrogens with one attached hydrogen (secondary N) is 2. The van der Waals surface area contributed by atoms with Crippen molar-refractivity contribution in [3.05, 3.63) is 52.4 Å². The van der Waals surface area contributed by atoms with Crippen LogP contribution in [0.1, 0.15) is 28.9 Å². The van der Waals surface area contributed by atoms with Gasteiger partial charge in [0, 0.05) is 37.8 Å². The van der Waals surface area contributed by atoms with Gasteiger partial charge in [-0.3, -0.25) is 9.59 Å². The Labute approximate surface area is 182 Å². The van der Waals surface area contributed by atoms with E-state index in [9.17, 15) is 14.0 Å². The van der Waals surface area contributed by atoms with E-state index in [-0.39, 0.29) is 35.7 Å². The summed E-state index contributed by atoms with van der Waals surface area (Å²) in [6, 6.07) is 3.94. The Kier molecular flexibility index (Phi) is 7.64. The lowest BCUT2D eigenvalue weighted by Crippen LogP contribution is -2.31. The number of rotatable bonds is 9. The van der Waals surface area contributed by atoms with Crippen LogP contribution in [0.2, 0.25) is 5.02 Å². The van der Waals surface area contributed by atoms with Gasteiger partial charge < -0.3 is 20.3 Å². The van der Waals surface area contributed by atoms with Crippen LogP contribution in [0.3, 0.4) is 0 Å². The largest absolute Gasteiger partial charge is 0.484 e. The number of aromatic nitrogens is 1. The monoisotopic (exact) mass is 452 g/mol. The normalized spacial score (nSPS) is 13.2. The van der Waals surface area contributed by atoms with Gasteiger partial charge >= 0.3 is 0 Å². The first-order chi connectivity index (χ1) is 14.4. The van der Waals surface area contributed by atoms with E-state index in [1.54, 1.807) is 6.20 Å². The zero-order valence-electron chi connectivity index (χ0n) is 16.2. The Morgan fingerprint density at radius 1 is 1.33 bits per heavy atom. The van der Waals surface area contributed by atoms with Crippen molar-refractivity contribution in [2.24, 2.45) is 0 Å². The number of anilines is 1. The Bertz CT molecular complexity index is 931. The molecule has 0 spiro atoms. The molecule has 0 atom stereocenters. The smallest absolute Gasteiger partial charge is 0.267 e. The van der Waals surface area contributed by atoms with Gasteiger partial charge in [0.1, 0.15) is 16.4 Å². The molecule has 10 heteroatoms. The van der Waals surface area contributed by atoms with Crippen LogP contribution in [0, 0.1) is 5.82 Å². The molecule has 1 aromatic carbocycles. The van der Waals surface area contributed by atoms with E-state index in [4.69, 9.17) is 16.3 Å². The number of amides is 2. The molecule has 0 radical (unpaired) electrons. The highest BCUT2D eigenvalue weighted by Crippen LogP contribution is 2.26. The van der Waals surface area contributed by atoms with Crippen LogP contribution in [-0.4, -0.2) is 43.0 Å². The van der Waals surface area contributed by atoms with Gasteiger partial charge in [0.2, 0.25) is 0 Å². The van der Waals surface area contributed by atoms with Gasteiger partial charge in [-0.15, -0.1) is 0 Å². The van der Waals surface area contributed by atoms with E-state index >= 15 is 0 Å². The molecule has 0 saturated carbocycles. The topological polar surface area (TPSA) is 83.6 Å². The Morgan fingerprint density at radius 3 is 2.83 bits per heavy atom. The zero-order valence-corrected chi connectivity index (χ0v) is 17.8. The number of hydrogen-bond donors (Lipinski definition) is 2. The first-order valence-corrected chi connectivity index (χ1v) is 10.7. The van der Waals surface area contributed by atoms with Gasteiger partial charge in [0.25, 0.3) is 11.8 Å². The van der Waals surface area contributed by atoms with Gasteiger partial charge in [-0.1, -0.05) is 29.5 Å². The molecule has 0 aliphatic carbocycles. The number of halogens is 2. The molecule has 1 aromatic heterocycles. The van der Waals surface area contributed by atoms with Crippen molar-refractivity contribution < 1.29 is 18.7 Å². The summed E-state index contributed by atoms with van der Waals surface area (Å²) < 4.78 is 18.6. The van der Waals surface area contributed by atoms with Crippen LogP contribution in [0.4, 0.5) is 9.52 Å². The number of nitrogens with zero attached hydrogens (tertiary/aromatic N) is 2. The van der Waals surface area contributed by atoms with E-state index in [1.807, 2.05) is 0 Å². The average molecular weight is 453 g/mol. The highest BCUT2D eigenvalue weighted by molar-refractivity contribution is 7.17. The van der Waals surface area contributed by atoms with Gasteiger partial charge in [-0.05, 0) is 25.0 Å². The van der Waals surface area contributed by atoms with Crippen molar-refractivity contribution >= 4 is 39.9 Å². The highest BCUT2D eigenvalue weighted by atomic mass is 35.5. The number of carbonyl (C=O) groups is 2. The quantitative estimate of drug-likeness (QED) is 0.609.